The van der Waals surface area contributed by atoms with Crippen molar-refractivity contribution in [2.45, 2.75) is 26.2 Å². The summed E-state index contributed by atoms with van der Waals surface area (Å²) in [5.41, 5.74) is 15.0. The smallest absolute Gasteiger partial charge is 0.160 e. The van der Waals surface area contributed by atoms with Crippen molar-refractivity contribution >= 4 is 71.6 Å². The molecule has 0 saturated heterocycles. The van der Waals surface area contributed by atoms with E-state index in [9.17, 15) is 0 Å². The molecular formula is C59H43N3O. The molecule has 0 fully saturated rings. The number of allylic oxidation sites excluding steroid dienone is 4. The minimum absolute atomic E-state index is 0.123. The first-order valence-electron chi connectivity index (χ1n) is 22.0. The molecule has 1 aliphatic carbocycles. The lowest BCUT2D eigenvalue weighted by Gasteiger charge is -2.21. The number of furan rings is 1. The molecule has 1 aliphatic heterocycles. The number of hydrogen-bond acceptors (Lipinski definition) is 3. The van der Waals surface area contributed by atoms with Gasteiger partial charge >= 0.3 is 0 Å². The maximum atomic E-state index is 7.01. The molecule has 3 heterocycles. The van der Waals surface area contributed by atoms with E-state index in [2.05, 4.69) is 206 Å². The summed E-state index contributed by atoms with van der Waals surface area (Å²) in [5, 5.41) is 6.87. The van der Waals surface area contributed by atoms with Gasteiger partial charge in [0, 0.05) is 33.0 Å². The average molecular weight is 810 g/mol. The largest absolute Gasteiger partial charge is 0.454 e. The molecule has 1 atom stereocenters. The first kappa shape index (κ1) is 37.0. The minimum atomic E-state index is 0.123. The predicted molar refractivity (Wildman–Crippen MR) is 264 cm³/mol. The van der Waals surface area contributed by atoms with Crippen molar-refractivity contribution in [3.8, 4) is 16.8 Å². The molecule has 2 aromatic heterocycles. The SMILES string of the molecule is CC1C/C=C(C2=CCCC(c3ccccc3)=C2)/N=C(c2ccc(-n3c4ccccc4c4cc5ccccc5cc43)c3oc4ccccc4c23)\N=C/1c1ccc(-c2ccccc2)cc1. The van der Waals surface area contributed by atoms with Gasteiger partial charge < -0.3 is 8.98 Å². The molecule has 2 aliphatic rings. The van der Waals surface area contributed by atoms with Crippen LogP contribution in [-0.4, -0.2) is 16.1 Å². The Balaban J connectivity index is 1.09. The zero-order valence-corrected chi connectivity index (χ0v) is 35.0. The van der Waals surface area contributed by atoms with Gasteiger partial charge in [-0.1, -0.05) is 165 Å². The van der Waals surface area contributed by atoms with Gasteiger partial charge in [0.15, 0.2) is 11.4 Å². The number of nitrogens with zero attached hydrogens (tertiary/aromatic N) is 3. The number of fused-ring (bicyclic) bond motifs is 7. The molecule has 0 amide bonds. The van der Waals surface area contributed by atoms with Gasteiger partial charge in [0.1, 0.15) is 5.58 Å². The van der Waals surface area contributed by atoms with Crippen LogP contribution in [0.2, 0.25) is 0 Å². The fourth-order valence-corrected chi connectivity index (χ4v) is 9.78. The van der Waals surface area contributed by atoms with Gasteiger partial charge in [0.2, 0.25) is 0 Å². The first-order valence-corrected chi connectivity index (χ1v) is 22.0. The van der Waals surface area contributed by atoms with E-state index in [-0.39, 0.29) is 5.92 Å². The zero-order chi connectivity index (χ0) is 41.9. The van der Waals surface area contributed by atoms with Crippen molar-refractivity contribution in [2.75, 3.05) is 0 Å². The number of para-hydroxylation sites is 2. The highest BCUT2D eigenvalue weighted by Gasteiger charge is 2.25. The Hall–Kier alpha value is -7.82. The second-order valence-corrected chi connectivity index (χ2v) is 16.8. The Labute approximate surface area is 366 Å². The molecule has 4 heteroatoms. The molecule has 0 saturated carbocycles. The third-order valence-corrected chi connectivity index (χ3v) is 12.9. The third kappa shape index (κ3) is 6.45. The Kier molecular flexibility index (Phi) is 8.96. The lowest BCUT2D eigenvalue weighted by Crippen LogP contribution is -2.17. The molecule has 8 aromatic carbocycles. The minimum Gasteiger partial charge on any atom is -0.454 e. The summed E-state index contributed by atoms with van der Waals surface area (Å²) in [6.45, 7) is 2.29. The van der Waals surface area contributed by atoms with E-state index < -0.39 is 0 Å². The number of hydrogen-bond donors (Lipinski definition) is 0. The standard InChI is InChI=1S/C59H43N3O/c1-38-27-33-51(46-22-14-21-43(35-46)40-17-6-3-7-18-40)60-59(61-57(38)42-30-28-41(29-31-42)39-15-4-2-5-16-39)49-32-34-53(58-56(49)48-24-11-13-26-55(48)63-58)62-52-25-12-10-23-47(52)50-36-44-19-8-9-20-45(44)37-54(50)62/h2-13,15-20,22-26,28-38H,14,21,27H2,1H3/b51-33+,60-59-,61-57+. The third-order valence-electron chi connectivity index (χ3n) is 12.9. The molecular weight excluding hydrogens is 767 g/mol. The van der Waals surface area contributed by atoms with Gasteiger partial charge in [0.05, 0.1) is 28.1 Å². The summed E-state index contributed by atoms with van der Waals surface area (Å²) >= 11 is 0. The van der Waals surface area contributed by atoms with Crippen molar-refractivity contribution in [3.63, 3.8) is 0 Å². The average Bonchev–Trinajstić information content (AvgIpc) is 3.89. The maximum Gasteiger partial charge on any atom is 0.160 e. The number of rotatable bonds is 6. The Morgan fingerprint density at radius 3 is 2.03 bits per heavy atom. The Bertz CT molecular complexity index is 3580. The van der Waals surface area contributed by atoms with Crippen LogP contribution in [-0.2, 0) is 0 Å². The quantitative estimate of drug-likeness (QED) is 0.165. The van der Waals surface area contributed by atoms with Crippen LogP contribution in [0.15, 0.2) is 226 Å². The van der Waals surface area contributed by atoms with Gasteiger partial charge in [-0.2, -0.15) is 0 Å². The Morgan fingerprint density at radius 2 is 1.22 bits per heavy atom. The lowest BCUT2D eigenvalue weighted by atomic mass is 9.90. The summed E-state index contributed by atoms with van der Waals surface area (Å²) in [7, 11) is 0. The number of aliphatic imine (C=N–C) groups is 2. The van der Waals surface area contributed by atoms with Crippen LogP contribution in [0, 0.1) is 5.92 Å². The first-order chi connectivity index (χ1) is 31.1. The van der Waals surface area contributed by atoms with Gasteiger partial charge in [-0.15, -0.1) is 0 Å². The molecule has 12 rings (SSSR count). The Morgan fingerprint density at radius 1 is 0.556 bits per heavy atom. The summed E-state index contributed by atoms with van der Waals surface area (Å²) in [5.74, 6) is 0.797. The van der Waals surface area contributed by atoms with Crippen molar-refractivity contribution in [1.29, 1.82) is 0 Å². The second-order valence-electron chi connectivity index (χ2n) is 16.8. The van der Waals surface area contributed by atoms with Crippen LogP contribution in [0.25, 0.3) is 76.9 Å². The summed E-state index contributed by atoms with van der Waals surface area (Å²) in [6.07, 6.45) is 9.77. The van der Waals surface area contributed by atoms with E-state index in [1.54, 1.807) is 0 Å². The fourth-order valence-electron chi connectivity index (χ4n) is 9.78. The maximum absolute atomic E-state index is 7.01. The molecule has 4 nitrogen and oxygen atoms in total. The van der Waals surface area contributed by atoms with Crippen molar-refractivity contribution in [2.24, 2.45) is 15.9 Å². The lowest BCUT2D eigenvalue weighted by molar-refractivity contribution is 0.666. The molecule has 10 aromatic rings. The van der Waals surface area contributed by atoms with Crippen LogP contribution in [0.1, 0.15) is 42.9 Å². The zero-order valence-electron chi connectivity index (χ0n) is 35.0. The summed E-state index contributed by atoms with van der Waals surface area (Å²) < 4.78 is 9.39. The highest BCUT2D eigenvalue weighted by Crippen LogP contribution is 2.42. The van der Waals surface area contributed by atoms with Gasteiger partial charge in [-0.05, 0) is 106 Å². The molecule has 300 valence electrons. The van der Waals surface area contributed by atoms with Gasteiger partial charge in [-0.25, -0.2) is 9.98 Å². The normalized spacial score (nSPS) is 18.3. The van der Waals surface area contributed by atoms with E-state index in [0.29, 0.717) is 5.84 Å². The van der Waals surface area contributed by atoms with E-state index in [0.717, 1.165) is 86.0 Å². The predicted octanol–water partition coefficient (Wildman–Crippen LogP) is 15.5. The van der Waals surface area contributed by atoms with Crippen LogP contribution in [0.3, 0.4) is 0 Å². The van der Waals surface area contributed by atoms with Crippen LogP contribution < -0.4 is 0 Å². The molecule has 0 radical (unpaired) electrons. The molecule has 0 bridgehead atoms. The fraction of sp³-hybridized carbons (Fsp3) is 0.0847. The van der Waals surface area contributed by atoms with Crippen molar-refractivity contribution in [3.05, 3.63) is 228 Å². The van der Waals surface area contributed by atoms with Crippen molar-refractivity contribution in [1.82, 2.24) is 4.57 Å². The topological polar surface area (TPSA) is 42.8 Å². The highest BCUT2D eigenvalue weighted by atomic mass is 16.3. The number of benzene rings is 8. The molecule has 0 N–H and O–H groups in total. The summed E-state index contributed by atoms with van der Waals surface area (Å²) in [6, 6.07) is 64.9. The van der Waals surface area contributed by atoms with Gasteiger partial charge in [-0.3, -0.25) is 0 Å². The van der Waals surface area contributed by atoms with E-state index in [1.807, 2.05) is 6.07 Å². The van der Waals surface area contributed by atoms with E-state index in [1.165, 1.54) is 43.8 Å². The second kappa shape index (κ2) is 15.3. The van der Waals surface area contributed by atoms with Crippen LogP contribution in [0.5, 0.6) is 0 Å². The van der Waals surface area contributed by atoms with Crippen LogP contribution in [0.4, 0.5) is 0 Å². The van der Waals surface area contributed by atoms with Gasteiger partial charge in [0.25, 0.3) is 0 Å². The summed E-state index contributed by atoms with van der Waals surface area (Å²) in [4.78, 5) is 11.3. The molecule has 0 spiro atoms. The van der Waals surface area contributed by atoms with E-state index >= 15 is 0 Å². The number of amidine groups is 1. The number of aromatic nitrogens is 1. The van der Waals surface area contributed by atoms with E-state index in [4.69, 9.17) is 14.4 Å². The van der Waals surface area contributed by atoms with Crippen molar-refractivity contribution < 1.29 is 4.42 Å². The molecule has 1 unspecified atom stereocenters. The van der Waals surface area contributed by atoms with Crippen LogP contribution >= 0.6 is 0 Å². The molecule has 63 heavy (non-hydrogen) atoms. The monoisotopic (exact) mass is 809 g/mol. The highest BCUT2D eigenvalue weighted by molar-refractivity contribution is 6.24.